The second kappa shape index (κ2) is 4.18. The second-order valence-corrected chi connectivity index (χ2v) is 10.2. The molecule has 4 saturated carbocycles. The normalized spacial score (nSPS) is 56.4. The van der Waals surface area contributed by atoms with Crippen LogP contribution in [-0.4, -0.2) is 17.0 Å². The Bertz CT molecular complexity index is 524. The number of carbonyl (C=O) groups is 1. The fourth-order valence-corrected chi connectivity index (χ4v) is 7.69. The molecule has 0 amide bonds. The van der Waals surface area contributed by atoms with Crippen LogP contribution in [0.25, 0.3) is 0 Å². The fraction of sp³-hybridized carbons (Fsp3) is 0.950. The molecular weight excluding hydrogens is 272 g/mol. The average Bonchev–Trinajstić information content (AvgIpc) is 2.74. The molecule has 1 spiro atoms. The average molecular weight is 304 g/mol. The molecule has 0 radical (unpaired) electrons. The minimum atomic E-state index is -0.262. The lowest BCUT2D eigenvalue weighted by molar-refractivity contribution is -0.209. The van der Waals surface area contributed by atoms with Crippen molar-refractivity contribution < 1.29 is 9.90 Å². The Balaban J connectivity index is 1.85. The first-order chi connectivity index (χ1) is 10.1. The molecule has 1 N–H and O–H groups in total. The van der Waals surface area contributed by atoms with E-state index in [0.29, 0.717) is 29.0 Å². The summed E-state index contributed by atoms with van der Waals surface area (Å²) in [6.07, 6.45) is 8.46. The van der Waals surface area contributed by atoms with Gasteiger partial charge in [0.2, 0.25) is 0 Å². The quantitative estimate of drug-likeness (QED) is 0.722. The zero-order valence-corrected chi connectivity index (χ0v) is 14.7. The van der Waals surface area contributed by atoms with Gasteiger partial charge < -0.3 is 5.11 Å². The smallest absolute Gasteiger partial charge is 0.139 e. The first-order valence-electron chi connectivity index (χ1n) is 9.36. The van der Waals surface area contributed by atoms with Gasteiger partial charge in [-0.2, -0.15) is 0 Å². The minimum Gasteiger partial charge on any atom is -0.393 e. The number of Topliss-reactive ketones (excluding diaryl/α,β-unsaturated/α-hetero) is 1. The van der Waals surface area contributed by atoms with Crippen molar-refractivity contribution in [3.63, 3.8) is 0 Å². The molecule has 2 heteroatoms. The van der Waals surface area contributed by atoms with E-state index >= 15 is 0 Å². The number of ketones is 1. The standard InChI is InChI=1S/C20H32O2/c1-17(2)6-5-7-19(4)15(17)11-14(21)13-10-16(22)18(3)8-9-20(13,19)12-18/h13-15,21H,5-12H2,1-4H3/t13-,14+,15-,18+,19-,20-/m0/s1. The Morgan fingerprint density at radius 3 is 2.50 bits per heavy atom. The first kappa shape index (κ1) is 15.2. The zero-order chi connectivity index (χ0) is 16.0. The molecule has 22 heavy (non-hydrogen) atoms. The molecule has 0 aromatic rings. The van der Waals surface area contributed by atoms with Gasteiger partial charge in [-0.1, -0.05) is 34.1 Å². The Labute approximate surface area is 135 Å². The van der Waals surface area contributed by atoms with Crippen LogP contribution in [0.2, 0.25) is 0 Å². The third-order valence-electron chi connectivity index (χ3n) is 8.93. The Morgan fingerprint density at radius 1 is 1.05 bits per heavy atom. The number of rotatable bonds is 0. The third kappa shape index (κ3) is 1.58. The van der Waals surface area contributed by atoms with Gasteiger partial charge in [0, 0.05) is 11.8 Å². The molecule has 0 aromatic carbocycles. The molecule has 4 aliphatic rings. The van der Waals surface area contributed by atoms with E-state index in [2.05, 4.69) is 27.7 Å². The Morgan fingerprint density at radius 2 is 1.77 bits per heavy atom. The second-order valence-electron chi connectivity index (χ2n) is 10.2. The monoisotopic (exact) mass is 304 g/mol. The summed E-state index contributed by atoms with van der Waals surface area (Å²) < 4.78 is 0. The molecule has 0 heterocycles. The number of aliphatic hydroxyl groups is 1. The molecule has 0 unspecified atom stereocenters. The summed E-state index contributed by atoms with van der Waals surface area (Å²) in [6, 6.07) is 0. The number of aliphatic hydroxyl groups excluding tert-OH is 1. The van der Waals surface area contributed by atoms with Crippen molar-refractivity contribution in [1.29, 1.82) is 0 Å². The maximum Gasteiger partial charge on any atom is 0.139 e. The number of hydrogen-bond donors (Lipinski definition) is 1. The lowest BCUT2D eigenvalue weighted by Crippen LogP contribution is -2.63. The van der Waals surface area contributed by atoms with Crippen LogP contribution in [-0.2, 0) is 4.79 Å². The van der Waals surface area contributed by atoms with E-state index in [9.17, 15) is 9.90 Å². The number of carbonyl (C=O) groups excluding carboxylic acids is 1. The predicted octanol–water partition coefficient (Wildman–Crippen LogP) is 4.35. The molecule has 0 aromatic heterocycles. The van der Waals surface area contributed by atoms with Crippen molar-refractivity contribution in [3.8, 4) is 0 Å². The van der Waals surface area contributed by atoms with Crippen molar-refractivity contribution in [2.45, 2.75) is 85.2 Å². The van der Waals surface area contributed by atoms with Gasteiger partial charge in [-0.3, -0.25) is 4.79 Å². The highest BCUT2D eigenvalue weighted by Crippen LogP contribution is 2.75. The lowest BCUT2D eigenvalue weighted by atomic mass is 9.38. The van der Waals surface area contributed by atoms with Crippen LogP contribution in [0, 0.1) is 33.5 Å². The van der Waals surface area contributed by atoms with E-state index in [1.54, 1.807) is 0 Å². The summed E-state index contributed by atoms with van der Waals surface area (Å²) in [7, 11) is 0. The number of fused-ring (bicyclic) bond motifs is 2. The highest BCUT2D eigenvalue weighted by molar-refractivity contribution is 5.86. The van der Waals surface area contributed by atoms with Gasteiger partial charge in [0.1, 0.15) is 5.78 Å². The van der Waals surface area contributed by atoms with Gasteiger partial charge in [0.15, 0.2) is 0 Å². The highest BCUT2D eigenvalue weighted by Gasteiger charge is 2.70. The van der Waals surface area contributed by atoms with Crippen molar-refractivity contribution in [2.75, 3.05) is 0 Å². The van der Waals surface area contributed by atoms with Crippen LogP contribution in [0.3, 0.4) is 0 Å². The van der Waals surface area contributed by atoms with Gasteiger partial charge in [-0.05, 0) is 66.6 Å². The van der Waals surface area contributed by atoms with Crippen LogP contribution in [0.1, 0.15) is 79.1 Å². The first-order valence-corrected chi connectivity index (χ1v) is 9.36. The molecule has 4 aliphatic carbocycles. The van der Waals surface area contributed by atoms with E-state index in [0.717, 1.165) is 19.3 Å². The van der Waals surface area contributed by atoms with Crippen molar-refractivity contribution in [3.05, 3.63) is 0 Å². The van der Waals surface area contributed by atoms with E-state index in [-0.39, 0.29) is 22.9 Å². The molecule has 2 nitrogen and oxygen atoms in total. The molecule has 2 bridgehead atoms. The maximum atomic E-state index is 12.7. The van der Waals surface area contributed by atoms with E-state index < -0.39 is 0 Å². The van der Waals surface area contributed by atoms with Crippen LogP contribution in [0.15, 0.2) is 0 Å². The number of hydrogen-bond acceptors (Lipinski definition) is 2. The molecule has 124 valence electrons. The summed E-state index contributed by atoms with van der Waals surface area (Å²) in [4.78, 5) is 12.7. The van der Waals surface area contributed by atoms with Gasteiger partial charge in [-0.15, -0.1) is 0 Å². The molecule has 0 aliphatic heterocycles. The van der Waals surface area contributed by atoms with E-state index in [1.807, 2.05) is 0 Å². The van der Waals surface area contributed by atoms with Gasteiger partial charge >= 0.3 is 0 Å². The van der Waals surface area contributed by atoms with E-state index in [4.69, 9.17) is 0 Å². The summed E-state index contributed by atoms with van der Waals surface area (Å²) >= 11 is 0. The molecule has 4 rings (SSSR count). The fourth-order valence-electron chi connectivity index (χ4n) is 7.69. The molecule has 0 saturated heterocycles. The Hall–Kier alpha value is -0.370. The van der Waals surface area contributed by atoms with Crippen molar-refractivity contribution >= 4 is 5.78 Å². The van der Waals surface area contributed by atoms with Gasteiger partial charge in [0.05, 0.1) is 6.10 Å². The zero-order valence-electron chi connectivity index (χ0n) is 14.7. The lowest BCUT2D eigenvalue weighted by Gasteiger charge is -2.67. The van der Waals surface area contributed by atoms with E-state index in [1.165, 1.54) is 25.7 Å². The third-order valence-corrected chi connectivity index (χ3v) is 8.93. The molecular formula is C20H32O2. The highest BCUT2D eigenvalue weighted by atomic mass is 16.3. The van der Waals surface area contributed by atoms with Crippen molar-refractivity contribution in [1.82, 2.24) is 0 Å². The summed E-state index contributed by atoms with van der Waals surface area (Å²) in [6.45, 7) is 9.56. The summed E-state index contributed by atoms with van der Waals surface area (Å²) in [5, 5.41) is 11.0. The predicted molar refractivity (Wildman–Crippen MR) is 87.4 cm³/mol. The molecule has 6 atom stereocenters. The summed E-state index contributed by atoms with van der Waals surface area (Å²) in [5.74, 6) is 1.27. The Kier molecular flexibility index (Phi) is 2.88. The van der Waals surface area contributed by atoms with Crippen LogP contribution >= 0.6 is 0 Å². The largest absolute Gasteiger partial charge is 0.393 e. The molecule has 4 fully saturated rings. The summed E-state index contributed by atoms with van der Waals surface area (Å²) in [5.41, 5.74) is 0.768. The maximum absolute atomic E-state index is 12.7. The van der Waals surface area contributed by atoms with Crippen LogP contribution < -0.4 is 0 Å². The minimum absolute atomic E-state index is 0.0945. The van der Waals surface area contributed by atoms with Crippen LogP contribution in [0.4, 0.5) is 0 Å². The van der Waals surface area contributed by atoms with Crippen molar-refractivity contribution in [2.24, 2.45) is 33.5 Å². The SMILES string of the molecule is CC1(C)CCC[C@@]2(C)[C@H]1C[C@@H](O)[C@@H]1CC(=O)[C@]3(C)CC[C@]12C3. The van der Waals surface area contributed by atoms with Crippen LogP contribution in [0.5, 0.6) is 0 Å². The topological polar surface area (TPSA) is 37.3 Å². The van der Waals surface area contributed by atoms with Gasteiger partial charge in [0.25, 0.3) is 0 Å². The van der Waals surface area contributed by atoms with Gasteiger partial charge in [-0.25, -0.2) is 0 Å².